The third-order valence-electron chi connectivity index (χ3n) is 3.00. The van der Waals surface area contributed by atoms with Crippen LogP contribution in [0.1, 0.15) is 0 Å². The normalized spacial score (nSPS) is 10.6. The molecule has 6 heteroatoms. The second kappa shape index (κ2) is 5.91. The molecule has 1 heterocycles. The van der Waals surface area contributed by atoms with Gasteiger partial charge in [0, 0.05) is 10.5 Å². The Hall–Kier alpha value is -1.79. The third-order valence-corrected chi connectivity index (χ3v) is 4.43. The second-order valence-electron chi connectivity index (χ2n) is 4.32. The molecule has 0 amide bonds. The van der Waals surface area contributed by atoms with Crippen molar-refractivity contribution < 1.29 is 9.47 Å². The van der Waals surface area contributed by atoms with Crippen molar-refractivity contribution in [2.24, 2.45) is 0 Å². The Kier molecular flexibility index (Phi) is 3.98. The highest BCUT2D eigenvalue weighted by atomic mass is 79.9. The molecule has 3 rings (SSSR count). The van der Waals surface area contributed by atoms with Gasteiger partial charge < -0.3 is 14.8 Å². The quantitative estimate of drug-likeness (QED) is 0.720. The van der Waals surface area contributed by atoms with Crippen LogP contribution in [0.25, 0.3) is 10.2 Å². The van der Waals surface area contributed by atoms with Gasteiger partial charge >= 0.3 is 0 Å². The van der Waals surface area contributed by atoms with E-state index in [1.165, 1.54) is 0 Å². The fourth-order valence-corrected chi connectivity index (χ4v) is 3.41. The van der Waals surface area contributed by atoms with E-state index in [-0.39, 0.29) is 0 Å². The van der Waals surface area contributed by atoms with Crippen LogP contribution in [-0.2, 0) is 0 Å². The van der Waals surface area contributed by atoms with Crippen LogP contribution >= 0.6 is 27.3 Å². The molecule has 0 radical (unpaired) electrons. The molecule has 0 saturated carbocycles. The number of rotatable bonds is 4. The summed E-state index contributed by atoms with van der Waals surface area (Å²) in [6.07, 6.45) is 0. The van der Waals surface area contributed by atoms with Crippen molar-refractivity contribution in [3.63, 3.8) is 0 Å². The summed E-state index contributed by atoms with van der Waals surface area (Å²) in [6, 6.07) is 11.6. The SMILES string of the molecule is COc1ccc(OC)c(Nc2nc3ccc(Br)cc3s2)c1. The number of methoxy groups -OCH3 is 2. The highest BCUT2D eigenvalue weighted by molar-refractivity contribution is 9.10. The number of aromatic nitrogens is 1. The van der Waals surface area contributed by atoms with Gasteiger partial charge in [0.05, 0.1) is 30.1 Å². The fourth-order valence-electron chi connectivity index (χ4n) is 1.98. The molecular weight excluding hydrogens is 352 g/mol. The van der Waals surface area contributed by atoms with Crippen LogP contribution < -0.4 is 14.8 Å². The summed E-state index contributed by atoms with van der Waals surface area (Å²) in [5.74, 6) is 1.51. The van der Waals surface area contributed by atoms with E-state index in [9.17, 15) is 0 Å². The second-order valence-corrected chi connectivity index (χ2v) is 6.27. The molecule has 0 atom stereocenters. The van der Waals surface area contributed by atoms with E-state index >= 15 is 0 Å². The molecule has 2 aromatic carbocycles. The van der Waals surface area contributed by atoms with Crippen LogP contribution in [-0.4, -0.2) is 19.2 Å². The van der Waals surface area contributed by atoms with Gasteiger partial charge in [-0.15, -0.1) is 0 Å². The Morgan fingerprint density at radius 3 is 2.71 bits per heavy atom. The molecule has 0 bridgehead atoms. The first kappa shape index (κ1) is 14.2. The Morgan fingerprint density at radius 2 is 1.95 bits per heavy atom. The lowest BCUT2D eigenvalue weighted by atomic mass is 10.2. The van der Waals surface area contributed by atoms with Crippen molar-refractivity contribution in [3.8, 4) is 11.5 Å². The number of ether oxygens (including phenoxy) is 2. The van der Waals surface area contributed by atoms with E-state index in [1.807, 2.05) is 30.3 Å². The molecule has 1 aromatic heterocycles. The number of fused-ring (bicyclic) bond motifs is 1. The molecule has 0 aliphatic rings. The van der Waals surface area contributed by atoms with E-state index in [1.54, 1.807) is 25.6 Å². The topological polar surface area (TPSA) is 43.4 Å². The summed E-state index contributed by atoms with van der Waals surface area (Å²) < 4.78 is 12.8. The van der Waals surface area contributed by atoms with Crippen molar-refractivity contribution >= 4 is 48.3 Å². The van der Waals surface area contributed by atoms with E-state index in [0.29, 0.717) is 0 Å². The van der Waals surface area contributed by atoms with E-state index < -0.39 is 0 Å². The molecule has 0 aliphatic carbocycles. The maximum Gasteiger partial charge on any atom is 0.188 e. The average Bonchev–Trinajstić information content (AvgIpc) is 2.88. The standard InChI is InChI=1S/C15H13BrN2O2S/c1-19-10-4-6-13(20-2)12(8-10)18-15-17-11-5-3-9(16)7-14(11)21-15/h3-8H,1-2H3,(H,17,18). The molecule has 3 aromatic rings. The summed E-state index contributed by atoms with van der Waals surface area (Å²) in [7, 11) is 3.28. The smallest absolute Gasteiger partial charge is 0.188 e. The molecule has 0 unspecified atom stereocenters. The number of anilines is 2. The lowest BCUT2D eigenvalue weighted by Gasteiger charge is -2.10. The number of benzene rings is 2. The number of hydrogen-bond acceptors (Lipinski definition) is 5. The Bertz CT molecular complexity index is 788. The first-order valence-electron chi connectivity index (χ1n) is 6.25. The molecule has 1 N–H and O–H groups in total. The predicted octanol–water partition coefficient (Wildman–Crippen LogP) is 4.82. The van der Waals surface area contributed by atoms with E-state index in [4.69, 9.17) is 9.47 Å². The van der Waals surface area contributed by atoms with E-state index in [0.717, 1.165) is 37.0 Å². The average molecular weight is 365 g/mol. The Morgan fingerprint density at radius 1 is 1.10 bits per heavy atom. The van der Waals surface area contributed by atoms with Crippen LogP contribution in [0, 0.1) is 0 Å². The number of nitrogens with one attached hydrogen (secondary N) is 1. The van der Waals surface area contributed by atoms with Gasteiger partial charge in [0.25, 0.3) is 0 Å². The molecular formula is C15H13BrN2O2S. The van der Waals surface area contributed by atoms with Gasteiger partial charge in [-0.3, -0.25) is 0 Å². The maximum atomic E-state index is 5.36. The maximum absolute atomic E-state index is 5.36. The molecule has 0 spiro atoms. The number of thiazole rings is 1. The van der Waals surface area contributed by atoms with Crippen LogP contribution in [0.15, 0.2) is 40.9 Å². The van der Waals surface area contributed by atoms with Crippen molar-refractivity contribution in [2.45, 2.75) is 0 Å². The van der Waals surface area contributed by atoms with Gasteiger partial charge in [-0.05, 0) is 30.3 Å². The molecule has 108 valence electrons. The molecule has 21 heavy (non-hydrogen) atoms. The first-order chi connectivity index (χ1) is 10.2. The highest BCUT2D eigenvalue weighted by Crippen LogP contribution is 2.35. The van der Waals surface area contributed by atoms with Gasteiger partial charge in [0.15, 0.2) is 5.13 Å². The van der Waals surface area contributed by atoms with Crippen LogP contribution in [0.3, 0.4) is 0 Å². The van der Waals surface area contributed by atoms with Gasteiger partial charge in [0.2, 0.25) is 0 Å². The minimum Gasteiger partial charge on any atom is -0.497 e. The zero-order chi connectivity index (χ0) is 14.8. The molecule has 4 nitrogen and oxygen atoms in total. The van der Waals surface area contributed by atoms with Crippen LogP contribution in [0.5, 0.6) is 11.5 Å². The number of halogens is 1. The van der Waals surface area contributed by atoms with Crippen LogP contribution in [0.2, 0.25) is 0 Å². The fraction of sp³-hybridized carbons (Fsp3) is 0.133. The van der Waals surface area contributed by atoms with Gasteiger partial charge in [-0.1, -0.05) is 27.3 Å². The molecule has 0 aliphatic heterocycles. The van der Waals surface area contributed by atoms with Crippen LogP contribution in [0.4, 0.5) is 10.8 Å². The minimum absolute atomic E-state index is 0.747. The van der Waals surface area contributed by atoms with Crippen molar-refractivity contribution in [3.05, 3.63) is 40.9 Å². The lowest BCUT2D eigenvalue weighted by Crippen LogP contribution is -1.95. The number of nitrogens with zero attached hydrogens (tertiary/aromatic N) is 1. The molecule has 0 saturated heterocycles. The number of hydrogen-bond donors (Lipinski definition) is 1. The van der Waals surface area contributed by atoms with E-state index in [2.05, 4.69) is 32.3 Å². The Balaban J connectivity index is 1.97. The Labute approximate surface area is 134 Å². The summed E-state index contributed by atoms with van der Waals surface area (Å²) >= 11 is 5.06. The van der Waals surface area contributed by atoms with Gasteiger partial charge in [-0.2, -0.15) is 0 Å². The van der Waals surface area contributed by atoms with Gasteiger partial charge in [-0.25, -0.2) is 4.98 Å². The first-order valence-corrected chi connectivity index (χ1v) is 7.85. The summed E-state index contributed by atoms with van der Waals surface area (Å²) in [5.41, 5.74) is 1.79. The summed E-state index contributed by atoms with van der Waals surface area (Å²) in [5, 5.41) is 4.11. The van der Waals surface area contributed by atoms with Crippen molar-refractivity contribution in [2.75, 3.05) is 19.5 Å². The third kappa shape index (κ3) is 2.96. The largest absolute Gasteiger partial charge is 0.497 e. The predicted molar refractivity (Wildman–Crippen MR) is 90.1 cm³/mol. The zero-order valence-electron chi connectivity index (χ0n) is 11.5. The van der Waals surface area contributed by atoms with Gasteiger partial charge in [0.1, 0.15) is 11.5 Å². The highest BCUT2D eigenvalue weighted by Gasteiger charge is 2.09. The summed E-state index contributed by atoms with van der Waals surface area (Å²) in [6.45, 7) is 0. The minimum atomic E-state index is 0.747. The van der Waals surface area contributed by atoms with Crippen molar-refractivity contribution in [1.82, 2.24) is 4.98 Å². The summed E-state index contributed by atoms with van der Waals surface area (Å²) in [4.78, 5) is 4.57. The molecule has 0 fully saturated rings. The monoisotopic (exact) mass is 364 g/mol. The lowest BCUT2D eigenvalue weighted by molar-refractivity contribution is 0.405. The van der Waals surface area contributed by atoms with Crippen molar-refractivity contribution in [1.29, 1.82) is 0 Å². The zero-order valence-corrected chi connectivity index (χ0v) is 13.9.